The van der Waals surface area contributed by atoms with Gasteiger partial charge in [0, 0.05) is 5.56 Å². The van der Waals surface area contributed by atoms with Gasteiger partial charge in [-0.1, -0.05) is 30.6 Å². The molecule has 100 valence electrons. The summed E-state index contributed by atoms with van der Waals surface area (Å²) in [5.41, 5.74) is 2.55. The van der Waals surface area contributed by atoms with Gasteiger partial charge in [0.2, 0.25) is 0 Å². The SMILES string of the molecule is C/C(=N\O)c1cc(C)ccc1OC(C)CC(C)C. The maximum Gasteiger partial charge on any atom is 0.128 e. The number of ether oxygens (including phenoxy) is 1. The molecule has 0 bridgehead atoms. The summed E-state index contributed by atoms with van der Waals surface area (Å²) in [6.45, 7) is 10.2. The maximum atomic E-state index is 8.92. The Hall–Kier alpha value is -1.51. The lowest BCUT2D eigenvalue weighted by Crippen LogP contribution is -2.16. The summed E-state index contributed by atoms with van der Waals surface area (Å²) in [5.74, 6) is 1.38. The Labute approximate surface area is 109 Å². The number of benzene rings is 1. The fraction of sp³-hybridized carbons (Fsp3) is 0.533. The van der Waals surface area contributed by atoms with E-state index in [1.807, 2.05) is 25.1 Å². The van der Waals surface area contributed by atoms with Crippen molar-refractivity contribution in [2.24, 2.45) is 11.1 Å². The highest BCUT2D eigenvalue weighted by atomic mass is 16.5. The van der Waals surface area contributed by atoms with Gasteiger partial charge >= 0.3 is 0 Å². The molecule has 0 saturated carbocycles. The summed E-state index contributed by atoms with van der Waals surface area (Å²) >= 11 is 0. The molecule has 1 unspecified atom stereocenters. The summed E-state index contributed by atoms with van der Waals surface area (Å²) in [4.78, 5) is 0. The molecule has 0 aliphatic heterocycles. The molecule has 1 aromatic carbocycles. The first-order chi connectivity index (χ1) is 8.43. The number of aryl methyl sites for hydroxylation is 1. The van der Waals surface area contributed by atoms with E-state index in [2.05, 4.69) is 25.9 Å². The minimum atomic E-state index is 0.151. The molecule has 0 fully saturated rings. The second kappa shape index (κ2) is 6.43. The third kappa shape index (κ3) is 4.06. The van der Waals surface area contributed by atoms with E-state index in [1.54, 1.807) is 6.92 Å². The second-order valence-electron chi connectivity index (χ2n) is 5.24. The van der Waals surface area contributed by atoms with Crippen molar-refractivity contribution >= 4 is 5.71 Å². The minimum absolute atomic E-state index is 0.151. The molecular weight excluding hydrogens is 226 g/mol. The van der Waals surface area contributed by atoms with Crippen LogP contribution in [-0.4, -0.2) is 17.0 Å². The number of oxime groups is 1. The lowest BCUT2D eigenvalue weighted by molar-refractivity contribution is 0.193. The van der Waals surface area contributed by atoms with Gasteiger partial charge < -0.3 is 9.94 Å². The van der Waals surface area contributed by atoms with Gasteiger partial charge in [0.25, 0.3) is 0 Å². The first-order valence-corrected chi connectivity index (χ1v) is 6.40. The Morgan fingerprint density at radius 2 is 2.00 bits per heavy atom. The molecule has 0 aliphatic carbocycles. The Morgan fingerprint density at radius 3 is 2.56 bits per heavy atom. The van der Waals surface area contributed by atoms with Gasteiger partial charge in [-0.2, -0.15) is 0 Å². The zero-order valence-electron chi connectivity index (χ0n) is 11.9. The largest absolute Gasteiger partial charge is 0.490 e. The predicted molar refractivity (Wildman–Crippen MR) is 74.7 cm³/mol. The summed E-state index contributed by atoms with van der Waals surface area (Å²) in [5, 5.41) is 12.2. The minimum Gasteiger partial charge on any atom is -0.490 e. The van der Waals surface area contributed by atoms with Crippen LogP contribution in [0.25, 0.3) is 0 Å². The molecule has 1 aromatic rings. The normalized spacial score (nSPS) is 13.8. The zero-order valence-corrected chi connectivity index (χ0v) is 11.9. The van der Waals surface area contributed by atoms with Crippen LogP contribution in [0.3, 0.4) is 0 Å². The monoisotopic (exact) mass is 249 g/mol. The summed E-state index contributed by atoms with van der Waals surface area (Å²) < 4.78 is 5.94. The second-order valence-corrected chi connectivity index (χ2v) is 5.24. The number of nitrogens with zero attached hydrogens (tertiary/aromatic N) is 1. The Kier molecular flexibility index (Phi) is 5.20. The van der Waals surface area contributed by atoms with E-state index >= 15 is 0 Å². The quantitative estimate of drug-likeness (QED) is 0.486. The fourth-order valence-electron chi connectivity index (χ4n) is 2.01. The highest BCUT2D eigenvalue weighted by Crippen LogP contribution is 2.23. The van der Waals surface area contributed by atoms with Crippen LogP contribution in [0.5, 0.6) is 5.75 Å². The van der Waals surface area contributed by atoms with Gasteiger partial charge in [0.1, 0.15) is 5.75 Å². The fourth-order valence-corrected chi connectivity index (χ4v) is 2.01. The van der Waals surface area contributed by atoms with Crippen molar-refractivity contribution in [1.29, 1.82) is 0 Å². The third-order valence-corrected chi connectivity index (χ3v) is 2.81. The first kappa shape index (κ1) is 14.6. The van der Waals surface area contributed by atoms with Crippen LogP contribution in [0.2, 0.25) is 0 Å². The molecule has 3 nitrogen and oxygen atoms in total. The average Bonchev–Trinajstić information content (AvgIpc) is 2.29. The van der Waals surface area contributed by atoms with Gasteiger partial charge in [-0.05, 0) is 45.2 Å². The van der Waals surface area contributed by atoms with E-state index in [4.69, 9.17) is 9.94 Å². The van der Waals surface area contributed by atoms with Crippen molar-refractivity contribution in [1.82, 2.24) is 0 Å². The van der Waals surface area contributed by atoms with Gasteiger partial charge in [0.05, 0.1) is 11.8 Å². The van der Waals surface area contributed by atoms with E-state index < -0.39 is 0 Å². The van der Waals surface area contributed by atoms with Crippen LogP contribution >= 0.6 is 0 Å². The van der Waals surface area contributed by atoms with Crippen molar-refractivity contribution in [3.05, 3.63) is 29.3 Å². The highest BCUT2D eigenvalue weighted by Gasteiger charge is 2.12. The van der Waals surface area contributed by atoms with Crippen LogP contribution in [0.15, 0.2) is 23.4 Å². The van der Waals surface area contributed by atoms with E-state index in [-0.39, 0.29) is 6.10 Å². The Balaban J connectivity index is 2.94. The molecule has 0 amide bonds. The zero-order chi connectivity index (χ0) is 13.7. The van der Waals surface area contributed by atoms with Gasteiger partial charge in [-0.15, -0.1) is 0 Å². The predicted octanol–water partition coefficient (Wildman–Crippen LogP) is 4.01. The van der Waals surface area contributed by atoms with Crippen molar-refractivity contribution in [2.45, 2.75) is 47.1 Å². The smallest absolute Gasteiger partial charge is 0.128 e. The summed E-state index contributed by atoms with van der Waals surface area (Å²) in [6, 6.07) is 5.92. The molecular formula is C15H23NO2. The third-order valence-electron chi connectivity index (χ3n) is 2.81. The van der Waals surface area contributed by atoms with Crippen LogP contribution in [-0.2, 0) is 0 Å². The topological polar surface area (TPSA) is 41.8 Å². The summed E-state index contributed by atoms with van der Waals surface area (Å²) in [6.07, 6.45) is 1.15. The molecule has 0 heterocycles. The lowest BCUT2D eigenvalue weighted by atomic mass is 10.1. The summed E-state index contributed by atoms with van der Waals surface area (Å²) in [7, 11) is 0. The van der Waals surface area contributed by atoms with E-state index in [0.29, 0.717) is 11.6 Å². The van der Waals surface area contributed by atoms with Gasteiger partial charge in [0.15, 0.2) is 0 Å². The van der Waals surface area contributed by atoms with Crippen LogP contribution < -0.4 is 4.74 Å². The van der Waals surface area contributed by atoms with Crippen molar-refractivity contribution in [2.75, 3.05) is 0 Å². The molecule has 0 aromatic heterocycles. The van der Waals surface area contributed by atoms with Crippen LogP contribution in [0, 0.1) is 12.8 Å². The molecule has 1 N–H and O–H groups in total. The van der Waals surface area contributed by atoms with Crippen LogP contribution in [0.4, 0.5) is 0 Å². The molecule has 1 atom stereocenters. The molecule has 0 radical (unpaired) electrons. The first-order valence-electron chi connectivity index (χ1n) is 6.40. The standard InChI is InChI=1S/C15H23NO2/c1-10(2)8-12(4)18-15-7-6-11(3)9-14(15)13(5)16-17/h6-7,9-10,12,17H,8H2,1-5H3/b16-13+. The molecule has 3 heteroatoms. The lowest BCUT2D eigenvalue weighted by Gasteiger charge is -2.19. The van der Waals surface area contributed by atoms with Crippen LogP contribution in [0.1, 0.15) is 45.2 Å². The van der Waals surface area contributed by atoms with Crippen molar-refractivity contribution in [3.8, 4) is 5.75 Å². The Morgan fingerprint density at radius 1 is 1.33 bits per heavy atom. The number of hydrogen-bond acceptors (Lipinski definition) is 3. The molecule has 1 rings (SSSR count). The van der Waals surface area contributed by atoms with E-state index in [0.717, 1.165) is 23.3 Å². The Bertz CT molecular complexity index is 425. The number of hydrogen-bond donors (Lipinski definition) is 1. The molecule has 0 spiro atoms. The van der Waals surface area contributed by atoms with Gasteiger partial charge in [-0.25, -0.2) is 0 Å². The van der Waals surface area contributed by atoms with E-state index in [9.17, 15) is 0 Å². The maximum absolute atomic E-state index is 8.92. The molecule has 0 saturated heterocycles. The molecule has 18 heavy (non-hydrogen) atoms. The molecule has 0 aliphatic rings. The van der Waals surface area contributed by atoms with Gasteiger partial charge in [-0.3, -0.25) is 0 Å². The van der Waals surface area contributed by atoms with Crippen molar-refractivity contribution < 1.29 is 9.94 Å². The number of rotatable bonds is 5. The highest BCUT2D eigenvalue weighted by molar-refractivity contribution is 6.00. The average molecular weight is 249 g/mol. The van der Waals surface area contributed by atoms with Crippen molar-refractivity contribution in [3.63, 3.8) is 0 Å². The van der Waals surface area contributed by atoms with E-state index in [1.165, 1.54) is 0 Å².